The molecule has 0 spiro atoms. The van der Waals surface area contributed by atoms with Gasteiger partial charge in [-0.3, -0.25) is 0 Å². The number of hydrogen-bond acceptors (Lipinski definition) is 3. The van der Waals surface area contributed by atoms with E-state index < -0.39 is 5.97 Å². The van der Waals surface area contributed by atoms with Crippen molar-refractivity contribution in [1.82, 2.24) is 0 Å². The van der Waals surface area contributed by atoms with Crippen LogP contribution < -0.4 is 10.2 Å². The molecule has 3 rings (SSSR count). The van der Waals surface area contributed by atoms with Crippen molar-refractivity contribution in [1.29, 1.82) is 0 Å². The summed E-state index contributed by atoms with van der Waals surface area (Å²) in [6.07, 6.45) is 2.55. The smallest absolute Gasteiger partial charge is 0.335 e. The molecule has 1 fully saturated rings. The molecule has 0 aromatic heterocycles. The molecule has 1 saturated heterocycles. The number of benzene rings is 2. The molecule has 1 aliphatic rings. The molecule has 2 aromatic carbocycles. The molecule has 0 radical (unpaired) electrons. The largest absolute Gasteiger partial charge is 0.478 e. The number of nitrogens with one attached hydrogen (secondary N) is 1. The lowest BCUT2D eigenvalue weighted by Crippen LogP contribution is -2.17. The van der Waals surface area contributed by atoms with E-state index in [1.54, 1.807) is 24.3 Å². The third-order valence-corrected chi connectivity index (χ3v) is 3.76. The van der Waals surface area contributed by atoms with Gasteiger partial charge in [-0.1, -0.05) is 0 Å². The molecule has 0 bridgehead atoms. The minimum absolute atomic E-state index is 0.296. The molecule has 0 aliphatic carbocycles. The van der Waals surface area contributed by atoms with Gasteiger partial charge in [-0.15, -0.1) is 0 Å². The third-order valence-electron chi connectivity index (χ3n) is 3.76. The third kappa shape index (κ3) is 3.16. The number of aromatic carboxylic acids is 1. The molecule has 2 N–H and O–H groups in total. The van der Waals surface area contributed by atoms with Crippen LogP contribution in [0.5, 0.6) is 0 Å². The van der Waals surface area contributed by atoms with Crippen molar-refractivity contribution in [3.8, 4) is 0 Å². The van der Waals surface area contributed by atoms with E-state index in [1.807, 2.05) is 0 Å². The Hall–Kier alpha value is -2.49. The Bertz CT molecular complexity index is 614. The summed E-state index contributed by atoms with van der Waals surface area (Å²) in [5.74, 6) is -0.906. The Balaban J connectivity index is 1.68. The van der Waals surface area contributed by atoms with E-state index in [2.05, 4.69) is 34.5 Å². The lowest BCUT2D eigenvalue weighted by Gasteiger charge is -2.18. The van der Waals surface area contributed by atoms with E-state index in [-0.39, 0.29) is 0 Å². The van der Waals surface area contributed by atoms with Gasteiger partial charge < -0.3 is 15.3 Å². The summed E-state index contributed by atoms with van der Waals surface area (Å²) in [4.78, 5) is 13.2. The molecular weight excluding hydrogens is 264 g/mol. The summed E-state index contributed by atoms with van der Waals surface area (Å²) < 4.78 is 0. The summed E-state index contributed by atoms with van der Waals surface area (Å²) >= 11 is 0. The first-order chi connectivity index (χ1) is 10.2. The first-order valence-corrected chi connectivity index (χ1v) is 7.18. The first-order valence-electron chi connectivity index (χ1n) is 7.18. The van der Waals surface area contributed by atoms with Gasteiger partial charge in [-0.25, -0.2) is 4.79 Å². The predicted octanol–water partition coefficient (Wildman–Crippen LogP) is 3.73. The van der Waals surface area contributed by atoms with Gasteiger partial charge >= 0.3 is 5.97 Å². The van der Waals surface area contributed by atoms with Crippen LogP contribution in [0.4, 0.5) is 17.1 Å². The van der Waals surface area contributed by atoms with Gasteiger partial charge in [0.05, 0.1) is 5.56 Å². The first kappa shape index (κ1) is 13.5. The summed E-state index contributed by atoms with van der Waals surface area (Å²) in [5, 5.41) is 12.2. The van der Waals surface area contributed by atoms with Crippen molar-refractivity contribution < 1.29 is 9.90 Å². The molecule has 21 heavy (non-hydrogen) atoms. The number of carbonyl (C=O) groups is 1. The highest BCUT2D eigenvalue weighted by Crippen LogP contribution is 2.24. The highest BCUT2D eigenvalue weighted by molar-refractivity contribution is 5.88. The maximum absolute atomic E-state index is 10.8. The standard InChI is InChI=1S/C17H18N2O2/c20-17(21)13-3-5-14(6-4-13)18-15-7-9-16(10-8-15)19-11-1-2-12-19/h3-10,18H,1-2,11-12H2,(H,20,21). The second kappa shape index (κ2) is 5.87. The van der Waals surface area contributed by atoms with Crippen molar-refractivity contribution in [2.24, 2.45) is 0 Å². The lowest BCUT2D eigenvalue weighted by molar-refractivity contribution is 0.0697. The molecule has 0 saturated carbocycles. The van der Waals surface area contributed by atoms with Gasteiger partial charge in [0, 0.05) is 30.2 Å². The zero-order valence-electron chi connectivity index (χ0n) is 11.7. The van der Waals surface area contributed by atoms with Crippen LogP contribution in [0.25, 0.3) is 0 Å². The van der Waals surface area contributed by atoms with Crippen molar-refractivity contribution in [2.75, 3.05) is 23.3 Å². The van der Waals surface area contributed by atoms with Crippen molar-refractivity contribution in [3.63, 3.8) is 0 Å². The van der Waals surface area contributed by atoms with E-state index >= 15 is 0 Å². The van der Waals surface area contributed by atoms with Gasteiger partial charge in [-0.05, 0) is 61.4 Å². The summed E-state index contributed by atoms with van der Waals surface area (Å²) in [6, 6.07) is 15.1. The van der Waals surface area contributed by atoms with Crippen LogP contribution in [0.2, 0.25) is 0 Å². The zero-order chi connectivity index (χ0) is 14.7. The molecule has 1 aliphatic heterocycles. The Kier molecular flexibility index (Phi) is 3.77. The van der Waals surface area contributed by atoms with Gasteiger partial charge in [0.1, 0.15) is 0 Å². The fourth-order valence-electron chi connectivity index (χ4n) is 2.59. The quantitative estimate of drug-likeness (QED) is 0.897. The summed E-state index contributed by atoms with van der Waals surface area (Å²) in [6.45, 7) is 2.28. The normalized spacial score (nSPS) is 14.2. The molecule has 1 heterocycles. The maximum Gasteiger partial charge on any atom is 0.335 e. The minimum atomic E-state index is -0.906. The Labute approximate surface area is 124 Å². The Morgan fingerprint density at radius 3 is 1.95 bits per heavy atom. The lowest BCUT2D eigenvalue weighted by atomic mass is 10.2. The van der Waals surface area contributed by atoms with Crippen LogP contribution in [0.3, 0.4) is 0 Å². The molecule has 4 nitrogen and oxygen atoms in total. The van der Waals surface area contributed by atoms with E-state index in [0.717, 1.165) is 24.5 Å². The fraction of sp³-hybridized carbons (Fsp3) is 0.235. The zero-order valence-corrected chi connectivity index (χ0v) is 11.7. The number of carboxylic acids is 1. The molecule has 0 atom stereocenters. The highest BCUT2D eigenvalue weighted by Gasteiger charge is 2.11. The van der Waals surface area contributed by atoms with Crippen LogP contribution in [-0.2, 0) is 0 Å². The molecule has 108 valence electrons. The molecule has 0 amide bonds. The summed E-state index contributed by atoms with van der Waals surface area (Å²) in [7, 11) is 0. The fourth-order valence-corrected chi connectivity index (χ4v) is 2.59. The maximum atomic E-state index is 10.8. The van der Waals surface area contributed by atoms with Crippen LogP contribution in [0, 0.1) is 0 Å². The molecule has 2 aromatic rings. The van der Waals surface area contributed by atoms with Crippen molar-refractivity contribution in [2.45, 2.75) is 12.8 Å². The van der Waals surface area contributed by atoms with Gasteiger partial charge in [0.25, 0.3) is 0 Å². The average molecular weight is 282 g/mol. The summed E-state index contributed by atoms with van der Waals surface area (Å²) in [5.41, 5.74) is 3.44. The predicted molar refractivity (Wildman–Crippen MR) is 84.6 cm³/mol. The molecule has 4 heteroatoms. The van der Waals surface area contributed by atoms with E-state index in [4.69, 9.17) is 5.11 Å². The van der Waals surface area contributed by atoms with Gasteiger partial charge in [0.15, 0.2) is 0 Å². The van der Waals surface area contributed by atoms with Crippen LogP contribution >= 0.6 is 0 Å². The SMILES string of the molecule is O=C(O)c1ccc(Nc2ccc(N3CCCC3)cc2)cc1. The number of carboxylic acid groups (broad SMARTS) is 1. The Morgan fingerprint density at radius 1 is 0.905 bits per heavy atom. The van der Waals surface area contributed by atoms with Crippen LogP contribution in [-0.4, -0.2) is 24.2 Å². The second-order valence-corrected chi connectivity index (χ2v) is 5.25. The van der Waals surface area contributed by atoms with Crippen LogP contribution in [0.1, 0.15) is 23.2 Å². The number of anilines is 3. The minimum Gasteiger partial charge on any atom is -0.478 e. The van der Waals surface area contributed by atoms with E-state index in [0.29, 0.717) is 5.56 Å². The topological polar surface area (TPSA) is 52.6 Å². The van der Waals surface area contributed by atoms with Crippen molar-refractivity contribution in [3.05, 3.63) is 54.1 Å². The van der Waals surface area contributed by atoms with E-state index in [9.17, 15) is 4.79 Å². The average Bonchev–Trinajstić information content (AvgIpc) is 3.03. The molecular formula is C17H18N2O2. The number of rotatable bonds is 4. The van der Waals surface area contributed by atoms with Crippen molar-refractivity contribution >= 4 is 23.0 Å². The van der Waals surface area contributed by atoms with Gasteiger partial charge in [-0.2, -0.15) is 0 Å². The monoisotopic (exact) mass is 282 g/mol. The van der Waals surface area contributed by atoms with E-state index in [1.165, 1.54) is 18.5 Å². The van der Waals surface area contributed by atoms with Crippen LogP contribution in [0.15, 0.2) is 48.5 Å². The number of nitrogens with zero attached hydrogens (tertiary/aromatic N) is 1. The van der Waals surface area contributed by atoms with Gasteiger partial charge in [0.2, 0.25) is 0 Å². The Morgan fingerprint density at radius 2 is 1.43 bits per heavy atom. The number of hydrogen-bond donors (Lipinski definition) is 2. The second-order valence-electron chi connectivity index (χ2n) is 5.25. The highest BCUT2D eigenvalue weighted by atomic mass is 16.4. The molecule has 0 unspecified atom stereocenters.